The van der Waals surface area contributed by atoms with Crippen molar-refractivity contribution in [2.45, 2.75) is 44.9 Å². The lowest BCUT2D eigenvalue weighted by Gasteiger charge is -2.40. The lowest BCUT2D eigenvalue weighted by atomic mass is 9.99. The molecule has 0 saturated carbocycles. The molecule has 2 saturated heterocycles. The second-order valence-corrected chi connectivity index (χ2v) is 9.26. The largest absolute Gasteiger partial charge is 0.507 e. The molecule has 1 N–H and O–H groups in total. The van der Waals surface area contributed by atoms with Gasteiger partial charge in [0.25, 0.3) is 0 Å². The average molecular weight is 440 g/mol. The summed E-state index contributed by atoms with van der Waals surface area (Å²) in [6.07, 6.45) is 4.64. The maximum Gasteiger partial charge on any atom is 0.343 e. The molecule has 0 radical (unpaired) electrons. The van der Waals surface area contributed by atoms with Crippen LogP contribution in [-0.2, 0) is 30.8 Å². The number of aromatic hydroxyl groups is 1. The van der Waals surface area contributed by atoms with Gasteiger partial charge < -0.3 is 14.3 Å². The van der Waals surface area contributed by atoms with Gasteiger partial charge in [0.05, 0.1) is 5.56 Å². The minimum Gasteiger partial charge on any atom is -0.507 e. The fraction of sp³-hybridized carbons (Fsp3) is 0.560. The van der Waals surface area contributed by atoms with Crippen molar-refractivity contribution in [3.05, 3.63) is 63.2 Å². The first-order chi connectivity index (χ1) is 15.7. The van der Waals surface area contributed by atoms with Gasteiger partial charge in [0.2, 0.25) is 0 Å². The molecule has 4 heterocycles. The summed E-state index contributed by atoms with van der Waals surface area (Å²) < 4.78 is 10.8. The Kier molecular flexibility index (Phi) is 6.59. The van der Waals surface area contributed by atoms with Crippen LogP contribution in [0.5, 0.6) is 5.75 Å². The molecule has 3 aliphatic heterocycles. The predicted molar refractivity (Wildman–Crippen MR) is 122 cm³/mol. The van der Waals surface area contributed by atoms with Gasteiger partial charge in [-0.2, -0.15) is 0 Å². The lowest BCUT2D eigenvalue weighted by molar-refractivity contribution is 0.0123. The van der Waals surface area contributed by atoms with Crippen LogP contribution in [0.3, 0.4) is 0 Å². The van der Waals surface area contributed by atoms with Crippen LogP contribution in [0.15, 0.2) is 39.7 Å². The molecule has 1 aromatic carbocycles. The van der Waals surface area contributed by atoms with Crippen LogP contribution in [0.4, 0.5) is 0 Å². The molecule has 7 nitrogen and oxygen atoms in total. The van der Waals surface area contributed by atoms with Gasteiger partial charge in [-0.3, -0.25) is 14.7 Å². The first-order valence-electron chi connectivity index (χ1n) is 11.8. The van der Waals surface area contributed by atoms with E-state index in [2.05, 4.69) is 39.0 Å². The highest BCUT2D eigenvalue weighted by atomic mass is 16.5. The molecule has 0 aliphatic carbocycles. The SMILES string of the molecule is O=c1occ(CN2CCc3ccccc3C2)c(O)c1CN1CCN(C2CCOCC2)CC1. The number of rotatable bonds is 5. The van der Waals surface area contributed by atoms with Crippen LogP contribution in [0, 0.1) is 0 Å². The van der Waals surface area contributed by atoms with Crippen molar-refractivity contribution in [2.75, 3.05) is 45.9 Å². The van der Waals surface area contributed by atoms with Crippen molar-refractivity contribution in [3.63, 3.8) is 0 Å². The zero-order chi connectivity index (χ0) is 21.9. The van der Waals surface area contributed by atoms with Crippen LogP contribution in [0.25, 0.3) is 0 Å². The summed E-state index contributed by atoms with van der Waals surface area (Å²) in [5, 5.41) is 10.9. The van der Waals surface area contributed by atoms with E-state index in [1.165, 1.54) is 17.4 Å². The van der Waals surface area contributed by atoms with Gasteiger partial charge in [-0.05, 0) is 30.4 Å². The Labute approximate surface area is 189 Å². The monoisotopic (exact) mass is 439 g/mol. The van der Waals surface area contributed by atoms with Crippen molar-refractivity contribution in [2.24, 2.45) is 0 Å². The molecular weight excluding hydrogens is 406 g/mol. The van der Waals surface area contributed by atoms with Gasteiger partial charge in [-0.1, -0.05) is 24.3 Å². The molecule has 0 unspecified atom stereocenters. The molecule has 7 heteroatoms. The Bertz CT molecular complexity index is 977. The summed E-state index contributed by atoms with van der Waals surface area (Å²) in [5.74, 6) is 0.104. The predicted octanol–water partition coefficient (Wildman–Crippen LogP) is 2.20. The molecule has 1 aromatic heterocycles. The van der Waals surface area contributed by atoms with Gasteiger partial charge >= 0.3 is 5.63 Å². The fourth-order valence-corrected chi connectivity index (χ4v) is 5.28. The number of ether oxygens (including phenoxy) is 1. The zero-order valence-electron chi connectivity index (χ0n) is 18.7. The molecule has 3 aliphatic rings. The number of piperazine rings is 1. The third-order valence-corrected chi connectivity index (χ3v) is 7.24. The highest BCUT2D eigenvalue weighted by Gasteiger charge is 2.27. The molecule has 5 rings (SSSR count). The number of hydrogen-bond acceptors (Lipinski definition) is 7. The average Bonchev–Trinajstić information content (AvgIpc) is 2.84. The Morgan fingerprint density at radius 1 is 0.938 bits per heavy atom. The third-order valence-electron chi connectivity index (χ3n) is 7.24. The quantitative estimate of drug-likeness (QED) is 0.766. The smallest absolute Gasteiger partial charge is 0.343 e. The van der Waals surface area contributed by atoms with Crippen LogP contribution < -0.4 is 5.63 Å². The molecule has 0 atom stereocenters. The second kappa shape index (κ2) is 9.75. The Morgan fingerprint density at radius 3 is 2.47 bits per heavy atom. The minimum absolute atomic E-state index is 0.104. The zero-order valence-corrected chi connectivity index (χ0v) is 18.7. The second-order valence-electron chi connectivity index (χ2n) is 9.26. The maximum atomic E-state index is 12.4. The number of fused-ring (bicyclic) bond motifs is 1. The molecule has 32 heavy (non-hydrogen) atoms. The third kappa shape index (κ3) is 4.76. The Hall–Kier alpha value is -2.19. The molecular formula is C25H33N3O4. The lowest BCUT2D eigenvalue weighted by Crippen LogP contribution is -2.51. The Morgan fingerprint density at radius 2 is 1.69 bits per heavy atom. The van der Waals surface area contributed by atoms with Crippen molar-refractivity contribution >= 4 is 0 Å². The van der Waals surface area contributed by atoms with Gasteiger partial charge in [-0.15, -0.1) is 0 Å². The van der Waals surface area contributed by atoms with E-state index in [0.29, 0.717) is 30.3 Å². The van der Waals surface area contributed by atoms with Gasteiger partial charge in [0, 0.05) is 77.2 Å². The number of nitrogens with zero attached hydrogens (tertiary/aromatic N) is 3. The van der Waals surface area contributed by atoms with E-state index in [9.17, 15) is 9.90 Å². The first kappa shape index (κ1) is 21.6. The van der Waals surface area contributed by atoms with E-state index in [0.717, 1.165) is 71.7 Å². The summed E-state index contributed by atoms with van der Waals surface area (Å²) in [5.41, 5.74) is 3.38. The summed E-state index contributed by atoms with van der Waals surface area (Å²) in [7, 11) is 0. The highest BCUT2D eigenvalue weighted by molar-refractivity contribution is 5.37. The van der Waals surface area contributed by atoms with E-state index < -0.39 is 5.63 Å². The molecule has 172 valence electrons. The number of benzene rings is 1. The molecule has 0 amide bonds. The first-order valence-corrected chi connectivity index (χ1v) is 11.8. The van der Waals surface area contributed by atoms with Crippen molar-refractivity contribution < 1.29 is 14.3 Å². The fourth-order valence-electron chi connectivity index (χ4n) is 5.28. The highest BCUT2D eigenvalue weighted by Crippen LogP contribution is 2.26. The van der Waals surface area contributed by atoms with Crippen molar-refractivity contribution in [1.82, 2.24) is 14.7 Å². The van der Waals surface area contributed by atoms with E-state index in [4.69, 9.17) is 9.15 Å². The van der Waals surface area contributed by atoms with Crippen LogP contribution >= 0.6 is 0 Å². The van der Waals surface area contributed by atoms with E-state index in [1.54, 1.807) is 0 Å². The van der Waals surface area contributed by atoms with E-state index >= 15 is 0 Å². The van der Waals surface area contributed by atoms with Crippen LogP contribution in [0.2, 0.25) is 0 Å². The van der Waals surface area contributed by atoms with E-state index in [-0.39, 0.29) is 5.75 Å². The van der Waals surface area contributed by atoms with E-state index in [1.807, 2.05) is 0 Å². The minimum atomic E-state index is -0.429. The maximum absolute atomic E-state index is 12.4. The summed E-state index contributed by atoms with van der Waals surface area (Å²) in [4.78, 5) is 19.5. The standard InChI is InChI=1S/C25H33N3O4/c29-24-21(16-27-8-5-19-3-1-2-4-20(19)15-27)18-32-25(30)23(24)17-26-9-11-28(12-10-26)22-6-13-31-14-7-22/h1-4,18,22,29H,5-17H2. The van der Waals surface area contributed by atoms with Crippen LogP contribution in [0.1, 0.15) is 35.1 Å². The van der Waals surface area contributed by atoms with Gasteiger partial charge in [-0.25, -0.2) is 4.79 Å². The normalized spacial score (nSPS) is 21.5. The molecule has 2 fully saturated rings. The van der Waals surface area contributed by atoms with Crippen molar-refractivity contribution in [3.8, 4) is 5.75 Å². The van der Waals surface area contributed by atoms with Gasteiger partial charge in [0.15, 0.2) is 0 Å². The van der Waals surface area contributed by atoms with Gasteiger partial charge in [0.1, 0.15) is 12.0 Å². The summed E-state index contributed by atoms with van der Waals surface area (Å²) in [6.45, 7) is 8.27. The van der Waals surface area contributed by atoms with Crippen molar-refractivity contribution in [1.29, 1.82) is 0 Å². The molecule has 2 aromatic rings. The molecule has 0 spiro atoms. The number of hydrogen-bond donors (Lipinski definition) is 1. The topological polar surface area (TPSA) is 69.4 Å². The molecule has 0 bridgehead atoms. The Balaban J connectivity index is 1.22. The summed E-state index contributed by atoms with van der Waals surface area (Å²) >= 11 is 0. The summed E-state index contributed by atoms with van der Waals surface area (Å²) in [6, 6.07) is 9.12. The van der Waals surface area contributed by atoms with Crippen LogP contribution in [-0.4, -0.2) is 71.8 Å².